The third-order valence-electron chi connectivity index (χ3n) is 2.37. The molecule has 3 amide bonds. The number of carboxylic acids is 1. The lowest BCUT2D eigenvalue weighted by Gasteiger charge is -2.10. The Labute approximate surface area is 121 Å². The normalized spacial score (nSPS) is 10.2. The Morgan fingerprint density at radius 2 is 2.05 bits per heavy atom. The molecule has 1 aromatic heterocycles. The number of aromatic nitrogens is 2. The minimum Gasteiger partial charge on any atom is -0.476 e. The highest BCUT2D eigenvalue weighted by Gasteiger charge is 2.07. The second kappa shape index (κ2) is 7.88. The summed E-state index contributed by atoms with van der Waals surface area (Å²) in [5.41, 5.74) is -0.0511. The summed E-state index contributed by atoms with van der Waals surface area (Å²) >= 11 is 0. The molecule has 116 valence electrons. The van der Waals surface area contributed by atoms with Crippen LogP contribution in [-0.2, 0) is 11.3 Å². The summed E-state index contributed by atoms with van der Waals surface area (Å²) in [5.74, 6) is -1.36. The van der Waals surface area contributed by atoms with Crippen LogP contribution >= 0.6 is 0 Å². The van der Waals surface area contributed by atoms with Crippen molar-refractivity contribution in [2.45, 2.75) is 26.4 Å². The van der Waals surface area contributed by atoms with Gasteiger partial charge in [-0.1, -0.05) is 0 Å². The first-order valence-corrected chi connectivity index (χ1v) is 6.44. The lowest BCUT2D eigenvalue weighted by Crippen LogP contribution is -2.44. The smallest absolute Gasteiger partial charge is 0.356 e. The second-order valence-corrected chi connectivity index (χ2v) is 4.63. The molecule has 0 unspecified atom stereocenters. The molecule has 0 radical (unpaired) electrons. The van der Waals surface area contributed by atoms with E-state index in [-0.39, 0.29) is 30.7 Å². The fraction of sp³-hybridized carbons (Fsp3) is 0.500. The van der Waals surface area contributed by atoms with Gasteiger partial charge in [-0.05, 0) is 13.8 Å². The van der Waals surface area contributed by atoms with Gasteiger partial charge in [0.1, 0.15) is 0 Å². The van der Waals surface area contributed by atoms with Crippen molar-refractivity contribution in [3.63, 3.8) is 0 Å². The number of nitrogens with one attached hydrogen (secondary N) is 3. The van der Waals surface area contributed by atoms with E-state index in [1.807, 2.05) is 13.8 Å². The van der Waals surface area contributed by atoms with Gasteiger partial charge in [0, 0.05) is 25.3 Å². The number of nitrogens with zero attached hydrogens (tertiary/aromatic N) is 2. The van der Waals surface area contributed by atoms with Crippen LogP contribution in [0.15, 0.2) is 12.5 Å². The predicted molar refractivity (Wildman–Crippen MR) is 73.9 cm³/mol. The average Bonchev–Trinajstić information content (AvgIpc) is 2.84. The molecule has 9 nitrogen and oxygen atoms in total. The van der Waals surface area contributed by atoms with Crippen molar-refractivity contribution in [2.24, 2.45) is 0 Å². The monoisotopic (exact) mass is 297 g/mol. The number of hydrogen-bond donors (Lipinski definition) is 4. The first-order valence-electron chi connectivity index (χ1n) is 6.44. The molecule has 1 heterocycles. The van der Waals surface area contributed by atoms with Gasteiger partial charge in [0.05, 0.1) is 12.9 Å². The van der Waals surface area contributed by atoms with E-state index in [4.69, 9.17) is 5.11 Å². The standard InChI is InChI=1S/C12H19N5O4/c1-8(2)16-10(18)5-14-12(21)13-3-4-17-6-9(11(19)20)15-7-17/h6-8H,3-5H2,1-2H3,(H,16,18)(H,19,20)(H2,13,14,21). The largest absolute Gasteiger partial charge is 0.476 e. The molecule has 9 heteroatoms. The molecule has 1 rings (SSSR count). The van der Waals surface area contributed by atoms with Gasteiger partial charge in [0.15, 0.2) is 5.69 Å². The molecule has 0 aliphatic rings. The van der Waals surface area contributed by atoms with Gasteiger partial charge < -0.3 is 25.6 Å². The third-order valence-corrected chi connectivity index (χ3v) is 2.37. The summed E-state index contributed by atoms with van der Waals surface area (Å²) in [6, 6.07) is -0.445. The zero-order valence-electron chi connectivity index (χ0n) is 11.9. The Balaban J connectivity index is 2.21. The molecule has 0 aliphatic heterocycles. The van der Waals surface area contributed by atoms with E-state index in [2.05, 4.69) is 20.9 Å². The number of hydrogen-bond acceptors (Lipinski definition) is 4. The molecule has 0 spiro atoms. The maximum Gasteiger partial charge on any atom is 0.356 e. The molecule has 0 atom stereocenters. The summed E-state index contributed by atoms with van der Waals surface area (Å²) in [7, 11) is 0. The Morgan fingerprint density at radius 1 is 1.33 bits per heavy atom. The molecule has 0 saturated heterocycles. The minimum atomic E-state index is -1.10. The van der Waals surface area contributed by atoms with Gasteiger partial charge in [-0.2, -0.15) is 0 Å². The third kappa shape index (κ3) is 6.41. The van der Waals surface area contributed by atoms with Crippen LogP contribution in [-0.4, -0.2) is 51.7 Å². The van der Waals surface area contributed by atoms with Crippen LogP contribution in [0.2, 0.25) is 0 Å². The number of carbonyl (C=O) groups excluding carboxylic acids is 2. The van der Waals surface area contributed by atoms with Crippen LogP contribution in [0.5, 0.6) is 0 Å². The van der Waals surface area contributed by atoms with Crippen LogP contribution in [0.1, 0.15) is 24.3 Å². The Hall–Kier alpha value is -2.58. The molecule has 0 bridgehead atoms. The molecule has 21 heavy (non-hydrogen) atoms. The summed E-state index contributed by atoms with van der Waals surface area (Å²) in [5, 5.41) is 16.3. The maximum atomic E-state index is 11.4. The van der Waals surface area contributed by atoms with Crippen molar-refractivity contribution in [1.82, 2.24) is 25.5 Å². The maximum absolute atomic E-state index is 11.4. The van der Waals surface area contributed by atoms with Crippen molar-refractivity contribution in [3.8, 4) is 0 Å². The lowest BCUT2D eigenvalue weighted by molar-refractivity contribution is -0.120. The quantitative estimate of drug-likeness (QED) is 0.535. The highest BCUT2D eigenvalue weighted by Crippen LogP contribution is 1.95. The zero-order chi connectivity index (χ0) is 15.8. The molecule has 0 aromatic carbocycles. The number of carbonyl (C=O) groups is 3. The molecule has 0 saturated carbocycles. The molecule has 4 N–H and O–H groups in total. The fourth-order valence-corrected chi connectivity index (χ4v) is 1.49. The van der Waals surface area contributed by atoms with Crippen molar-refractivity contribution in [2.75, 3.05) is 13.1 Å². The van der Waals surface area contributed by atoms with Gasteiger partial charge in [0.25, 0.3) is 0 Å². The van der Waals surface area contributed by atoms with Crippen molar-refractivity contribution < 1.29 is 19.5 Å². The first-order chi connectivity index (χ1) is 9.88. The Kier molecular flexibility index (Phi) is 6.18. The van der Waals surface area contributed by atoms with E-state index >= 15 is 0 Å². The lowest BCUT2D eigenvalue weighted by atomic mass is 10.4. The summed E-state index contributed by atoms with van der Waals surface area (Å²) in [4.78, 5) is 37.0. The number of carboxylic acid groups (broad SMARTS) is 1. The van der Waals surface area contributed by atoms with E-state index < -0.39 is 12.0 Å². The number of urea groups is 1. The molecule has 0 aliphatic carbocycles. The van der Waals surface area contributed by atoms with Crippen LogP contribution in [0.25, 0.3) is 0 Å². The van der Waals surface area contributed by atoms with Gasteiger partial charge in [-0.25, -0.2) is 14.6 Å². The first kappa shape index (κ1) is 16.5. The molecule has 0 fully saturated rings. The van der Waals surface area contributed by atoms with Crippen molar-refractivity contribution in [1.29, 1.82) is 0 Å². The van der Waals surface area contributed by atoms with E-state index in [0.29, 0.717) is 6.54 Å². The van der Waals surface area contributed by atoms with E-state index in [1.54, 1.807) is 4.57 Å². The van der Waals surface area contributed by atoms with Gasteiger partial charge in [0.2, 0.25) is 5.91 Å². The Morgan fingerprint density at radius 3 is 2.62 bits per heavy atom. The molecular formula is C12H19N5O4. The van der Waals surface area contributed by atoms with Crippen LogP contribution in [0.3, 0.4) is 0 Å². The van der Waals surface area contributed by atoms with Crippen molar-refractivity contribution >= 4 is 17.9 Å². The summed E-state index contributed by atoms with van der Waals surface area (Å²) < 4.78 is 1.55. The summed E-state index contributed by atoms with van der Waals surface area (Å²) in [6.45, 7) is 4.22. The Bertz CT molecular complexity index is 512. The molecule has 1 aromatic rings. The highest BCUT2D eigenvalue weighted by molar-refractivity contribution is 5.85. The van der Waals surface area contributed by atoms with E-state index in [1.165, 1.54) is 12.5 Å². The highest BCUT2D eigenvalue weighted by atomic mass is 16.4. The van der Waals surface area contributed by atoms with E-state index in [9.17, 15) is 14.4 Å². The van der Waals surface area contributed by atoms with Crippen LogP contribution in [0, 0.1) is 0 Å². The SMILES string of the molecule is CC(C)NC(=O)CNC(=O)NCCn1cnc(C(=O)O)c1. The van der Waals surface area contributed by atoms with E-state index in [0.717, 1.165) is 0 Å². The van der Waals surface area contributed by atoms with Gasteiger partial charge in [-0.3, -0.25) is 4.79 Å². The predicted octanol–water partition coefficient (Wildman–Crippen LogP) is -0.595. The van der Waals surface area contributed by atoms with Gasteiger partial charge >= 0.3 is 12.0 Å². The molecular weight excluding hydrogens is 278 g/mol. The number of imidazole rings is 1. The fourth-order valence-electron chi connectivity index (χ4n) is 1.49. The summed E-state index contributed by atoms with van der Waals surface area (Å²) in [6.07, 6.45) is 2.75. The number of rotatable bonds is 7. The number of aromatic carboxylic acids is 1. The van der Waals surface area contributed by atoms with Crippen LogP contribution < -0.4 is 16.0 Å². The van der Waals surface area contributed by atoms with Gasteiger partial charge in [-0.15, -0.1) is 0 Å². The van der Waals surface area contributed by atoms with Crippen molar-refractivity contribution in [3.05, 3.63) is 18.2 Å². The number of amides is 3. The zero-order valence-corrected chi connectivity index (χ0v) is 11.9. The average molecular weight is 297 g/mol. The van der Waals surface area contributed by atoms with Crippen LogP contribution in [0.4, 0.5) is 4.79 Å². The second-order valence-electron chi connectivity index (χ2n) is 4.63. The minimum absolute atomic E-state index is 0.0204. The topological polar surface area (TPSA) is 125 Å².